The summed E-state index contributed by atoms with van der Waals surface area (Å²) in [5, 5.41) is 3.78. The van der Waals surface area contributed by atoms with Gasteiger partial charge in [0.1, 0.15) is 5.76 Å². The van der Waals surface area contributed by atoms with Crippen molar-refractivity contribution in [2.45, 2.75) is 65.3 Å². The largest absolute Gasteiger partial charge is 0.469 e. The summed E-state index contributed by atoms with van der Waals surface area (Å²) in [6, 6.07) is 2.68. The first-order valence-corrected chi connectivity index (χ1v) is 8.05. The molecule has 19 heavy (non-hydrogen) atoms. The summed E-state index contributed by atoms with van der Waals surface area (Å²) in [5.41, 5.74) is 1.41. The maximum atomic E-state index is 5.65. The van der Waals surface area contributed by atoms with Gasteiger partial charge in [0.25, 0.3) is 0 Å². The minimum absolute atomic E-state index is 0.497. The normalized spacial score (nSPS) is 25.4. The van der Waals surface area contributed by atoms with Crippen molar-refractivity contribution < 1.29 is 4.42 Å². The minimum Gasteiger partial charge on any atom is -0.469 e. The summed E-state index contributed by atoms with van der Waals surface area (Å²) < 4.78 is 5.65. The fraction of sp³-hybridized carbons (Fsp3) is 0.765. The average molecular weight is 263 g/mol. The van der Waals surface area contributed by atoms with Crippen molar-refractivity contribution in [3.8, 4) is 0 Å². The SMILES string of the molecule is CCCNC(c1ccoc1CC)C1CCCC(C)C1. The Labute approximate surface area is 118 Å². The van der Waals surface area contributed by atoms with Crippen LogP contribution in [0.25, 0.3) is 0 Å². The molecule has 3 atom stereocenters. The van der Waals surface area contributed by atoms with Gasteiger partial charge in [0.15, 0.2) is 0 Å². The van der Waals surface area contributed by atoms with Gasteiger partial charge in [-0.25, -0.2) is 0 Å². The van der Waals surface area contributed by atoms with E-state index in [-0.39, 0.29) is 0 Å². The van der Waals surface area contributed by atoms with E-state index in [1.54, 1.807) is 0 Å². The van der Waals surface area contributed by atoms with Crippen LogP contribution in [-0.2, 0) is 6.42 Å². The van der Waals surface area contributed by atoms with Crippen molar-refractivity contribution in [1.29, 1.82) is 0 Å². The zero-order valence-corrected chi connectivity index (χ0v) is 12.7. The molecule has 1 fully saturated rings. The quantitative estimate of drug-likeness (QED) is 0.804. The van der Waals surface area contributed by atoms with E-state index in [4.69, 9.17) is 4.42 Å². The van der Waals surface area contributed by atoms with Gasteiger partial charge >= 0.3 is 0 Å². The zero-order valence-electron chi connectivity index (χ0n) is 12.7. The van der Waals surface area contributed by atoms with Crippen molar-refractivity contribution in [3.63, 3.8) is 0 Å². The average Bonchev–Trinajstić information content (AvgIpc) is 2.88. The molecule has 1 heterocycles. The van der Waals surface area contributed by atoms with Crippen LogP contribution in [0, 0.1) is 11.8 Å². The van der Waals surface area contributed by atoms with Gasteiger partial charge in [0, 0.05) is 18.0 Å². The molecular weight excluding hydrogens is 234 g/mol. The number of rotatable bonds is 6. The summed E-state index contributed by atoms with van der Waals surface area (Å²) in [6.07, 6.45) is 9.56. The molecule has 1 aliphatic rings. The third-order valence-corrected chi connectivity index (χ3v) is 4.50. The van der Waals surface area contributed by atoms with Crippen LogP contribution in [0.2, 0.25) is 0 Å². The molecule has 2 heteroatoms. The molecule has 1 N–H and O–H groups in total. The monoisotopic (exact) mass is 263 g/mol. The van der Waals surface area contributed by atoms with E-state index in [1.807, 2.05) is 6.26 Å². The molecule has 0 aliphatic heterocycles. The van der Waals surface area contributed by atoms with Crippen LogP contribution in [0.4, 0.5) is 0 Å². The summed E-state index contributed by atoms with van der Waals surface area (Å²) >= 11 is 0. The lowest BCUT2D eigenvalue weighted by atomic mass is 9.76. The van der Waals surface area contributed by atoms with Crippen molar-refractivity contribution in [2.24, 2.45) is 11.8 Å². The van der Waals surface area contributed by atoms with Crippen molar-refractivity contribution in [2.75, 3.05) is 6.54 Å². The Kier molecular flexibility index (Phi) is 5.50. The molecular formula is C17H29NO. The molecule has 0 bridgehead atoms. The third-order valence-electron chi connectivity index (χ3n) is 4.50. The second-order valence-electron chi connectivity index (χ2n) is 6.12. The Morgan fingerprint density at radius 2 is 2.21 bits per heavy atom. The van der Waals surface area contributed by atoms with E-state index in [9.17, 15) is 0 Å². The summed E-state index contributed by atoms with van der Waals surface area (Å²) in [6.45, 7) is 7.93. The van der Waals surface area contributed by atoms with Gasteiger partial charge in [0.2, 0.25) is 0 Å². The van der Waals surface area contributed by atoms with Crippen LogP contribution in [0.15, 0.2) is 16.7 Å². The molecule has 2 rings (SSSR count). The topological polar surface area (TPSA) is 25.2 Å². The maximum Gasteiger partial charge on any atom is 0.108 e. The molecule has 0 amide bonds. The highest BCUT2D eigenvalue weighted by molar-refractivity contribution is 5.22. The van der Waals surface area contributed by atoms with E-state index in [0.717, 1.165) is 24.8 Å². The first-order valence-electron chi connectivity index (χ1n) is 8.05. The van der Waals surface area contributed by atoms with E-state index >= 15 is 0 Å². The number of nitrogens with one attached hydrogen (secondary N) is 1. The van der Waals surface area contributed by atoms with E-state index in [1.165, 1.54) is 43.4 Å². The first kappa shape index (κ1) is 14.6. The van der Waals surface area contributed by atoms with E-state index in [0.29, 0.717) is 6.04 Å². The van der Waals surface area contributed by atoms with Crippen LogP contribution in [0.1, 0.15) is 70.2 Å². The third kappa shape index (κ3) is 3.62. The highest BCUT2D eigenvalue weighted by Crippen LogP contribution is 2.38. The predicted octanol–water partition coefficient (Wildman–Crippen LogP) is 4.71. The molecule has 3 unspecified atom stereocenters. The zero-order chi connectivity index (χ0) is 13.7. The van der Waals surface area contributed by atoms with Crippen LogP contribution >= 0.6 is 0 Å². The van der Waals surface area contributed by atoms with Gasteiger partial charge in [-0.2, -0.15) is 0 Å². The van der Waals surface area contributed by atoms with Gasteiger partial charge < -0.3 is 9.73 Å². The molecule has 1 aromatic heterocycles. The Morgan fingerprint density at radius 1 is 1.37 bits per heavy atom. The molecule has 0 aromatic carbocycles. The Bertz CT molecular complexity index is 371. The van der Waals surface area contributed by atoms with Crippen LogP contribution in [0.5, 0.6) is 0 Å². The molecule has 1 saturated carbocycles. The fourth-order valence-corrected chi connectivity index (χ4v) is 3.53. The van der Waals surface area contributed by atoms with Gasteiger partial charge in [0.05, 0.1) is 6.26 Å². The van der Waals surface area contributed by atoms with Crippen molar-refractivity contribution >= 4 is 0 Å². The fourth-order valence-electron chi connectivity index (χ4n) is 3.53. The van der Waals surface area contributed by atoms with Crippen LogP contribution in [-0.4, -0.2) is 6.54 Å². The molecule has 1 aromatic rings. The lowest BCUT2D eigenvalue weighted by Gasteiger charge is -2.34. The van der Waals surface area contributed by atoms with E-state index < -0.39 is 0 Å². The molecule has 0 saturated heterocycles. The lowest BCUT2D eigenvalue weighted by Crippen LogP contribution is -2.32. The highest BCUT2D eigenvalue weighted by atomic mass is 16.3. The summed E-state index contributed by atoms with van der Waals surface area (Å²) in [7, 11) is 0. The molecule has 0 radical (unpaired) electrons. The number of aryl methyl sites for hydroxylation is 1. The van der Waals surface area contributed by atoms with Gasteiger partial charge in [-0.1, -0.05) is 33.6 Å². The number of hydrogen-bond donors (Lipinski definition) is 1. The Balaban J connectivity index is 2.15. The van der Waals surface area contributed by atoms with Gasteiger partial charge in [-0.05, 0) is 43.7 Å². The van der Waals surface area contributed by atoms with Crippen molar-refractivity contribution in [3.05, 3.63) is 23.7 Å². The van der Waals surface area contributed by atoms with Gasteiger partial charge in [-0.15, -0.1) is 0 Å². The van der Waals surface area contributed by atoms with Gasteiger partial charge in [-0.3, -0.25) is 0 Å². The second-order valence-corrected chi connectivity index (χ2v) is 6.12. The van der Waals surface area contributed by atoms with Crippen LogP contribution in [0.3, 0.4) is 0 Å². The molecule has 1 aliphatic carbocycles. The van der Waals surface area contributed by atoms with Crippen LogP contribution < -0.4 is 5.32 Å². The molecule has 0 spiro atoms. The standard InChI is InChI=1S/C17H29NO/c1-4-10-18-17(14-8-6-7-13(3)12-14)15-9-11-19-16(15)5-2/h9,11,13-14,17-18H,4-8,10,12H2,1-3H3. The lowest BCUT2D eigenvalue weighted by molar-refractivity contribution is 0.222. The highest BCUT2D eigenvalue weighted by Gasteiger charge is 2.29. The molecule has 2 nitrogen and oxygen atoms in total. The maximum absolute atomic E-state index is 5.65. The Hall–Kier alpha value is -0.760. The summed E-state index contributed by atoms with van der Waals surface area (Å²) in [5.74, 6) is 2.83. The number of furan rings is 1. The van der Waals surface area contributed by atoms with Crippen molar-refractivity contribution in [1.82, 2.24) is 5.32 Å². The molecule has 108 valence electrons. The second kappa shape index (κ2) is 7.14. The van der Waals surface area contributed by atoms with E-state index in [2.05, 4.69) is 32.2 Å². The predicted molar refractivity (Wildman–Crippen MR) is 80.2 cm³/mol. The summed E-state index contributed by atoms with van der Waals surface area (Å²) in [4.78, 5) is 0. The first-order chi connectivity index (χ1) is 9.26. The smallest absolute Gasteiger partial charge is 0.108 e. The Morgan fingerprint density at radius 3 is 2.89 bits per heavy atom. The minimum atomic E-state index is 0.497. The number of hydrogen-bond acceptors (Lipinski definition) is 2.